The highest BCUT2D eigenvalue weighted by atomic mass is 16.4. The number of hydrogen-bond donors (Lipinski definition) is 2. The lowest BCUT2D eigenvalue weighted by molar-refractivity contribution is -0.143. The number of aliphatic carboxylic acids is 1. The fourth-order valence-corrected chi connectivity index (χ4v) is 3.61. The van der Waals surface area contributed by atoms with Gasteiger partial charge in [-0.1, -0.05) is 32.1 Å². The number of carbonyl (C=O) groups is 1. The van der Waals surface area contributed by atoms with E-state index in [2.05, 4.69) is 5.32 Å². The van der Waals surface area contributed by atoms with Crippen LogP contribution in [0.5, 0.6) is 0 Å². The van der Waals surface area contributed by atoms with Crippen molar-refractivity contribution in [2.75, 3.05) is 6.54 Å². The van der Waals surface area contributed by atoms with E-state index < -0.39 is 5.97 Å². The van der Waals surface area contributed by atoms with E-state index in [0.717, 1.165) is 38.3 Å². The molecule has 0 aliphatic heterocycles. The van der Waals surface area contributed by atoms with Crippen molar-refractivity contribution in [1.82, 2.24) is 5.32 Å². The summed E-state index contributed by atoms with van der Waals surface area (Å²) >= 11 is 0. The molecule has 0 saturated heterocycles. The minimum absolute atomic E-state index is 0.0716. The number of nitrogens with one attached hydrogen (secondary N) is 1. The summed E-state index contributed by atoms with van der Waals surface area (Å²) in [6.07, 6.45) is 13.6. The molecule has 19 heavy (non-hydrogen) atoms. The van der Waals surface area contributed by atoms with Gasteiger partial charge in [-0.05, 0) is 51.0 Å². The lowest BCUT2D eigenvalue weighted by Gasteiger charge is -2.29. The Balaban J connectivity index is 1.63. The zero-order valence-corrected chi connectivity index (χ0v) is 12.1. The highest BCUT2D eigenvalue weighted by molar-refractivity contribution is 5.69. The fraction of sp³-hybridized carbons (Fsp3) is 0.938. The topological polar surface area (TPSA) is 49.3 Å². The van der Waals surface area contributed by atoms with Crippen molar-refractivity contribution >= 4 is 5.97 Å². The maximum atomic E-state index is 10.9. The summed E-state index contributed by atoms with van der Waals surface area (Å²) in [5, 5.41) is 12.8. The van der Waals surface area contributed by atoms with Crippen molar-refractivity contribution in [3.05, 3.63) is 0 Å². The van der Waals surface area contributed by atoms with Crippen molar-refractivity contribution in [3.63, 3.8) is 0 Å². The molecule has 0 spiro atoms. The van der Waals surface area contributed by atoms with Gasteiger partial charge in [-0.3, -0.25) is 4.79 Å². The van der Waals surface area contributed by atoms with E-state index in [-0.39, 0.29) is 5.92 Å². The second-order valence-corrected chi connectivity index (χ2v) is 6.51. The van der Waals surface area contributed by atoms with Crippen LogP contribution in [-0.2, 0) is 4.79 Å². The van der Waals surface area contributed by atoms with Gasteiger partial charge in [0, 0.05) is 6.04 Å². The summed E-state index contributed by atoms with van der Waals surface area (Å²) in [6.45, 7) is 1.11. The fourth-order valence-electron chi connectivity index (χ4n) is 3.61. The monoisotopic (exact) mass is 267 g/mol. The molecule has 3 heteroatoms. The predicted molar refractivity (Wildman–Crippen MR) is 77.2 cm³/mol. The number of rotatable bonds is 4. The van der Waals surface area contributed by atoms with Gasteiger partial charge >= 0.3 is 5.97 Å². The van der Waals surface area contributed by atoms with Gasteiger partial charge in [0.2, 0.25) is 0 Å². The van der Waals surface area contributed by atoms with Crippen LogP contribution in [0, 0.1) is 11.8 Å². The van der Waals surface area contributed by atoms with Gasteiger partial charge in [0.25, 0.3) is 0 Å². The van der Waals surface area contributed by atoms with Crippen molar-refractivity contribution in [2.45, 2.75) is 76.7 Å². The van der Waals surface area contributed by atoms with Crippen molar-refractivity contribution < 1.29 is 9.90 Å². The van der Waals surface area contributed by atoms with Crippen LogP contribution in [0.1, 0.15) is 70.6 Å². The summed E-state index contributed by atoms with van der Waals surface area (Å²) in [5.41, 5.74) is 0. The molecule has 3 nitrogen and oxygen atoms in total. The van der Waals surface area contributed by atoms with Crippen LogP contribution in [-0.4, -0.2) is 23.7 Å². The summed E-state index contributed by atoms with van der Waals surface area (Å²) in [5.74, 6) is 0.0464. The smallest absolute Gasteiger partial charge is 0.306 e. The molecule has 2 saturated carbocycles. The quantitative estimate of drug-likeness (QED) is 0.818. The maximum Gasteiger partial charge on any atom is 0.306 e. The molecule has 2 aliphatic rings. The summed E-state index contributed by atoms with van der Waals surface area (Å²) in [6, 6.07) is 0.720. The van der Waals surface area contributed by atoms with Crippen LogP contribution in [0.3, 0.4) is 0 Å². The van der Waals surface area contributed by atoms with E-state index in [0.29, 0.717) is 5.92 Å². The highest BCUT2D eigenvalue weighted by Gasteiger charge is 2.26. The molecular weight excluding hydrogens is 238 g/mol. The molecule has 2 rings (SSSR count). The lowest BCUT2D eigenvalue weighted by atomic mass is 9.82. The van der Waals surface area contributed by atoms with Crippen molar-refractivity contribution in [3.8, 4) is 0 Å². The van der Waals surface area contributed by atoms with E-state index in [4.69, 9.17) is 5.11 Å². The zero-order valence-electron chi connectivity index (χ0n) is 12.1. The van der Waals surface area contributed by atoms with Gasteiger partial charge in [0.15, 0.2) is 0 Å². The molecule has 0 atom stereocenters. The average Bonchev–Trinajstić information content (AvgIpc) is 2.38. The molecule has 0 bridgehead atoms. The molecule has 110 valence electrons. The second kappa shape index (κ2) is 7.88. The second-order valence-electron chi connectivity index (χ2n) is 6.51. The molecule has 0 radical (unpaired) electrons. The number of hydrogen-bond acceptors (Lipinski definition) is 2. The average molecular weight is 267 g/mol. The third-order valence-corrected chi connectivity index (χ3v) is 5.00. The molecule has 0 amide bonds. The number of carboxylic acids is 1. The van der Waals surface area contributed by atoms with Crippen molar-refractivity contribution in [2.24, 2.45) is 11.8 Å². The summed E-state index contributed by atoms with van der Waals surface area (Å²) in [7, 11) is 0. The first-order valence-corrected chi connectivity index (χ1v) is 8.22. The predicted octanol–water partition coefficient (Wildman–Crippen LogP) is 3.58. The minimum atomic E-state index is -0.591. The molecule has 2 N–H and O–H groups in total. The third kappa shape index (κ3) is 5.13. The Morgan fingerprint density at radius 2 is 1.47 bits per heavy atom. The lowest BCUT2D eigenvalue weighted by Crippen LogP contribution is -2.35. The Morgan fingerprint density at radius 1 is 0.895 bits per heavy atom. The van der Waals surface area contributed by atoms with Gasteiger partial charge in [-0.2, -0.15) is 0 Å². The molecule has 0 aromatic heterocycles. The van der Waals surface area contributed by atoms with E-state index in [1.165, 1.54) is 44.9 Å². The Kier molecular flexibility index (Phi) is 6.15. The van der Waals surface area contributed by atoms with Gasteiger partial charge in [-0.15, -0.1) is 0 Å². The summed E-state index contributed by atoms with van der Waals surface area (Å²) in [4.78, 5) is 10.9. The number of carboxylic acid groups (broad SMARTS) is 1. The molecule has 2 fully saturated rings. The Labute approximate surface area is 117 Å². The first-order chi connectivity index (χ1) is 9.25. The van der Waals surface area contributed by atoms with Gasteiger partial charge in [0.1, 0.15) is 0 Å². The Morgan fingerprint density at radius 3 is 2.05 bits per heavy atom. The molecule has 0 aromatic rings. The van der Waals surface area contributed by atoms with Gasteiger partial charge in [0.05, 0.1) is 5.92 Å². The zero-order chi connectivity index (χ0) is 13.5. The van der Waals surface area contributed by atoms with Gasteiger partial charge in [-0.25, -0.2) is 0 Å². The minimum Gasteiger partial charge on any atom is -0.481 e. The van der Waals surface area contributed by atoms with Crippen LogP contribution in [0.15, 0.2) is 0 Å². The van der Waals surface area contributed by atoms with Crippen molar-refractivity contribution in [1.29, 1.82) is 0 Å². The molecule has 0 unspecified atom stereocenters. The van der Waals surface area contributed by atoms with Crippen LogP contribution >= 0.6 is 0 Å². The standard InChI is InChI=1S/C16H29NO2/c18-16(19)14-10-8-13(9-11-14)12-17-15-6-4-2-1-3-5-7-15/h13-15,17H,1-12H2,(H,18,19). The first kappa shape index (κ1) is 14.8. The molecule has 0 heterocycles. The van der Waals surface area contributed by atoms with E-state index in [1.54, 1.807) is 0 Å². The van der Waals surface area contributed by atoms with Gasteiger partial charge < -0.3 is 10.4 Å². The van der Waals surface area contributed by atoms with E-state index in [9.17, 15) is 4.79 Å². The normalized spacial score (nSPS) is 30.5. The van der Waals surface area contributed by atoms with E-state index in [1.807, 2.05) is 0 Å². The molecule has 0 aromatic carbocycles. The first-order valence-electron chi connectivity index (χ1n) is 8.22. The van der Waals surface area contributed by atoms with Crippen LogP contribution in [0.25, 0.3) is 0 Å². The molecule has 2 aliphatic carbocycles. The SMILES string of the molecule is O=C(O)C1CCC(CNC2CCCCCCC2)CC1. The van der Waals surface area contributed by atoms with Crippen LogP contribution in [0.2, 0.25) is 0 Å². The van der Waals surface area contributed by atoms with Crippen LogP contribution in [0.4, 0.5) is 0 Å². The molecular formula is C16H29NO2. The Hall–Kier alpha value is -0.570. The Bertz CT molecular complexity index is 264. The van der Waals surface area contributed by atoms with Crippen LogP contribution < -0.4 is 5.32 Å². The largest absolute Gasteiger partial charge is 0.481 e. The summed E-state index contributed by atoms with van der Waals surface area (Å²) < 4.78 is 0. The van der Waals surface area contributed by atoms with E-state index >= 15 is 0 Å². The third-order valence-electron chi connectivity index (χ3n) is 5.00. The highest BCUT2D eigenvalue weighted by Crippen LogP contribution is 2.28. The maximum absolute atomic E-state index is 10.9.